The van der Waals surface area contributed by atoms with E-state index in [1.54, 1.807) is 0 Å². The van der Waals surface area contributed by atoms with Crippen molar-refractivity contribution in [3.8, 4) is 0 Å². The van der Waals surface area contributed by atoms with Gasteiger partial charge >= 0.3 is 6.09 Å². The van der Waals surface area contributed by atoms with Crippen LogP contribution in [0, 0.1) is 0 Å². The second-order valence-electron chi connectivity index (χ2n) is 6.78. The summed E-state index contributed by atoms with van der Waals surface area (Å²) in [5.74, 6) is -0.111. The van der Waals surface area contributed by atoms with E-state index in [1.165, 1.54) is 4.90 Å². The second-order valence-corrected chi connectivity index (χ2v) is 6.78. The molecule has 7 heteroatoms. The first kappa shape index (κ1) is 17.5. The lowest BCUT2D eigenvalue weighted by Crippen LogP contribution is -2.60. The van der Waals surface area contributed by atoms with E-state index in [9.17, 15) is 14.7 Å². The van der Waals surface area contributed by atoms with Gasteiger partial charge in [-0.25, -0.2) is 4.79 Å². The summed E-state index contributed by atoms with van der Waals surface area (Å²) in [7, 11) is 0. The van der Waals surface area contributed by atoms with E-state index in [4.69, 9.17) is 5.73 Å². The largest absolute Gasteiger partial charge is 0.465 e. The molecule has 25 heavy (non-hydrogen) atoms. The highest BCUT2D eigenvalue weighted by Gasteiger charge is 2.34. The predicted octanol–water partition coefficient (Wildman–Crippen LogP) is 1.55. The number of carboxylic acid groups (broad SMARTS) is 1. The summed E-state index contributed by atoms with van der Waals surface area (Å²) in [4.78, 5) is 27.3. The van der Waals surface area contributed by atoms with Crippen LogP contribution in [0.4, 0.5) is 10.5 Å². The van der Waals surface area contributed by atoms with Gasteiger partial charge in [-0.15, -0.1) is 0 Å². The summed E-state index contributed by atoms with van der Waals surface area (Å²) in [5.41, 5.74) is 8.32. The van der Waals surface area contributed by atoms with Gasteiger partial charge < -0.3 is 26.0 Å². The van der Waals surface area contributed by atoms with Gasteiger partial charge in [-0.05, 0) is 30.5 Å². The number of nitrogens with zero attached hydrogens (tertiary/aromatic N) is 2. The minimum absolute atomic E-state index is 0.0110. The third kappa shape index (κ3) is 4.04. The fourth-order valence-electron chi connectivity index (χ4n) is 3.59. The average Bonchev–Trinajstić information content (AvgIpc) is 2.63. The summed E-state index contributed by atoms with van der Waals surface area (Å²) in [6.45, 7) is 1.67. The van der Waals surface area contributed by atoms with E-state index in [1.807, 2.05) is 29.2 Å². The molecule has 0 aromatic heterocycles. The van der Waals surface area contributed by atoms with Crippen LogP contribution in [-0.4, -0.2) is 54.2 Å². The lowest BCUT2D eigenvalue weighted by molar-refractivity contribution is -0.123. The van der Waals surface area contributed by atoms with Crippen molar-refractivity contribution < 1.29 is 14.7 Å². The van der Waals surface area contributed by atoms with Crippen LogP contribution in [0.25, 0.3) is 0 Å². The number of nitrogens with one attached hydrogen (secondary N) is 1. The molecule has 2 bridgehead atoms. The topological polar surface area (TPSA) is 98.9 Å². The Balaban J connectivity index is 1.91. The Kier molecular flexibility index (Phi) is 5.43. The SMILES string of the molecule is N[C@H]1CCCCCNC(=O)[C@@H]2CN(C(=O)O)CCN2c2cccc1c2. The first-order chi connectivity index (χ1) is 12.1. The Morgan fingerprint density at radius 2 is 2.08 bits per heavy atom. The Hall–Kier alpha value is -2.28. The minimum Gasteiger partial charge on any atom is -0.465 e. The van der Waals surface area contributed by atoms with Crippen molar-refractivity contribution in [2.45, 2.75) is 37.8 Å². The number of amides is 2. The van der Waals surface area contributed by atoms with Gasteiger partial charge in [-0.1, -0.05) is 25.0 Å². The smallest absolute Gasteiger partial charge is 0.407 e. The standard InChI is InChI=1S/C18H26N4O3/c19-15-7-2-1-3-8-20-17(23)16-12-21(18(24)25)9-10-22(16)14-6-4-5-13(15)11-14/h4-6,11,15-16H,1-3,7-10,12,19H2,(H,20,23)(H,24,25)/t15-,16-/m0/s1. The number of nitrogens with two attached hydrogens (primary N) is 1. The van der Waals surface area contributed by atoms with Gasteiger partial charge in [0.15, 0.2) is 0 Å². The van der Waals surface area contributed by atoms with E-state index in [2.05, 4.69) is 5.32 Å². The molecule has 0 aliphatic carbocycles. The lowest BCUT2D eigenvalue weighted by Gasteiger charge is -2.41. The zero-order valence-electron chi connectivity index (χ0n) is 14.4. The van der Waals surface area contributed by atoms with Crippen molar-refractivity contribution in [1.29, 1.82) is 0 Å². The molecule has 1 saturated heterocycles. The molecule has 1 fully saturated rings. The van der Waals surface area contributed by atoms with Crippen LogP contribution in [0.15, 0.2) is 24.3 Å². The molecular formula is C18H26N4O3. The average molecular weight is 346 g/mol. The van der Waals surface area contributed by atoms with Crippen LogP contribution in [0.1, 0.15) is 37.3 Å². The van der Waals surface area contributed by atoms with Gasteiger partial charge in [0.25, 0.3) is 0 Å². The van der Waals surface area contributed by atoms with Crippen molar-refractivity contribution in [3.63, 3.8) is 0 Å². The van der Waals surface area contributed by atoms with Crippen molar-refractivity contribution in [3.05, 3.63) is 29.8 Å². The molecule has 1 aromatic carbocycles. The molecule has 136 valence electrons. The van der Waals surface area contributed by atoms with Gasteiger partial charge in [-0.2, -0.15) is 0 Å². The van der Waals surface area contributed by atoms with Gasteiger partial charge in [-0.3, -0.25) is 4.79 Å². The van der Waals surface area contributed by atoms with E-state index in [-0.39, 0.29) is 18.5 Å². The molecule has 2 aliphatic rings. The van der Waals surface area contributed by atoms with Crippen LogP contribution >= 0.6 is 0 Å². The van der Waals surface area contributed by atoms with Crippen LogP contribution in [0.2, 0.25) is 0 Å². The number of carbonyl (C=O) groups is 2. The summed E-state index contributed by atoms with van der Waals surface area (Å²) < 4.78 is 0. The number of carbonyl (C=O) groups excluding carboxylic acids is 1. The van der Waals surface area contributed by atoms with E-state index >= 15 is 0 Å². The molecule has 1 aromatic rings. The number of hydrogen-bond donors (Lipinski definition) is 3. The monoisotopic (exact) mass is 346 g/mol. The fourth-order valence-corrected chi connectivity index (χ4v) is 3.59. The maximum atomic E-state index is 12.7. The predicted molar refractivity (Wildman–Crippen MR) is 95.6 cm³/mol. The molecule has 4 N–H and O–H groups in total. The number of piperazine rings is 1. The maximum absolute atomic E-state index is 12.7. The van der Waals surface area contributed by atoms with Crippen molar-refractivity contribution in [1.82, 2.24) is 10.2 Å². The maximum Gasteiger partial charge on any atom is 0.407 e. The van der Waals surface area contributed by atoms with Crippen molar-refractivity contribution in [2.24, 2.45) is 5.73 Å². The minimum atomic E-state index is -0.980. The Morgan fingerprint density at radius 3 is 2.88 bits per heavy atom. The lowest BCUT2D eigenvalue weighted by atomic mass is 10.00. The molecule has 7 nitrogen and oxygen atoms in total. The molecule has 2 amide bonds. The zero-order valence-corrected chi connectivity index (χ0v) is 14.4. The highest BCUT2D eigenvalue weighted by molar-refractivity contribution is 5.86. The summed E-state index contributed by atoms with van der Waals surface area (Å²) >= 11 is 0. The number of benzene rings is 1. The number of hydrogen-bond acceptors (Lipinski definition) is 4. The molecule has 2 aliphatic heterocycles. The summed E-state index contributed by atoms with van der Waals surface area (Å²) in [5, 5.41) is 12.3. The first-order valence-electron chi connectivity index (χ1n) is 8.94. The highest BCUT2D eigenvalue weighted by atomic mass is 16.4. The van der Waals surface area contributed by atoms with E-state index in [0.29, 0.717) is 19.6 Å². The molecular weight excluding hydrogens is 320 g/mol. The molecule has 2 atom stereocenters. The first-order valence-corrected chi connectivity index (χ1v) is 8.94. The summed E-state index contributed by atoms with van der Waals surface area (Å²) in [6.07, 6.45) is 2.90. The number of fused-ring (bicyclic) bond motifs is 4. The van der Waals surface area contributed by atoms with Crippen LogP contribution in [-0.2, 0) is 4.79 Å². The molecule has 2 heterocycles. The van der Waals surface area contributed by atoms with Crippen LogP contribution < -0.4 is 16.0 Å². The number of rotatable bonds is 0. The highest BCUT2D eigenvalue weighted by Crippen LogP contribution is 2.26. The van der Waals surface area contributed by atoms with Gasteiger partial charge in [0.1, 0.15) is 6.04 Å². The van der Waals surface area contributed by atoms with Gasteiger partial charge in [0.2, 0.25) is 5.91 Å². The van der Waals surface area contributed by atoms with E-state index < -0.39 is 12.1 Å². The van der Waals surface area contributed by atoms with Crippen molar-refractivity contribution in [2.75, 3.05) is 31.1 Å². The second kappa shape index (κ2) is 7.74. The molecule has 0 spiro atoms. The molecule has 3 rings (SSSR count). The normalized spacial score (nSPS) is 25.1. The Bertz CT molecular complexity index is 637. The van der Waals surface area contributed by atoms with E-state index in [0.717, 1.165) is 36.9 Å². The molecule has 0 saturated carbocycles. The molecule has 0 unspecified atom stereocenters. The van der Waals surface area contributed by atoms with Crippen LogP contribution in [0.5, 0.6) is 0 Å². The molecule has 0 radical (unpaired) electrons. The Labute approximate surface area is 147 Å². The van der Waals surface area contributed by atoms with Gasteiger partial charge in [0.05, 0.1) is 6.54 Å². The zero-order chi connectivity index (χ0) is 17.8. The summed E-state index contributed by atoms with van der Waals surface area (Å²) in [6, 6.07) is 7.46. The fraction of sp³-hybridized carbons (Fsp3) is 0.556. The quantitative estimate of drug-likeness (QED) is 0.662. The Morgan fingerprint density at radius 1 is 1.24 bits per heavy atom. The number of anilines is 1. The van der Waals surface area contributed by atoms with Gasteiger partial charge in [0, 0.05) is 31.4 Å². The van der Waals surface area contributed by atoms with Crippen molar-refractivity contribution >= 4 is 17.7 Å². The third-order valence-corrected chi connectivity index (χ3v) is 5.07. The third-order valence-electron chi connectivity index (χ3n) is 5.07. The van der Waals surface area contributed by atoms with Crippen LogP contribution in [0.3, 0.4) is 0 Å².